The van der Waals surface area contributed by atoms with E-state index in [0.29, 0.717) is 12.1 Å². The zero-order valence-corrected chi connectivity index (χ0v) is 10.6. The maximum atomic E-state index is 12.7. The summed E-state index contributed by atoms with van der Waals surface area (Å²) in [6.07, 6.45) is 3.63. The van der Waals surface area contributed by atoms with Gasteiger partial charge in [-0.05, 0) is 49.1 Å². The number of amides is 1. The Morgan fingerprint density at radius 1 is 1.47 bits per heavy atom. The number of carbonyl (C=O) groups is 1. The summed E-state index contributed by atoms with van der Waals surface area (Å²) in [7, 11) is 0. The Morgan fingerprint density at radius 3 is 2.65 bits per heavy atom. The van der Waals surface area contributed by atoms with Crippen LogP contribution in [0.4, 0.5) is 10.1 Å². The van der Waals surface area contributed by atoms with Gasteiger partial charge in [-0.1, -0.05) is 0 Å². The first-order valence-corrected chi connectivity index (χ1v) is 6.83. The number of rotatable bonds is 7. The lowest BCUT2D eigenvalue weighted by atomic mass is 10.1. The molecule has 0 fully saturated rings. The van der Waals surface area contributed by atoms with Crippen LogP contribution in [0, 0.1) is 5.82 Å². The van der Waals surface area contributed by atoms with E-state index in [9.17, 15) is 9.18 Å². The lowest BCUT2D eigenvalue weighted by Crippen LogP contribution is -2.35. The van der Waals surface area contributed by atoms with Crippen LogP contribution < -0.4 is 11.1 Å². The summed E-state index contributed by atoms with van der Waals surface area (Å²) in [6.45, 7) is 0. The number of hydrogen-bond acceptors (Lipinski definition) is 3. The van der Waals surface area contributed by atoms with E-state index in [1.54, 1.807) is 23.9 Å². The first-order chi connectivity index (χ1) is 8.13. The molecule has 0 aliphatic heterocycles. The van der Waals surface area contributed by atoms with Gasteiger partial charge in [0.05, 0.1) is 0 Å². The number of nitrogens with two attached hydrogens (primary N) is 1. The molecule has 5 heteroatoms. The second kappa shape index (κ2) is 7.17. The summed E-state index contributed by atoms with van der Waals surface area (Å²) >= 11 is 1.73. The van der Waals surface area contributed by atoms with E-state index in [2.05, 4.69) is 5.32 Å². The number of nitrogens with one attached hydrogen (secondary N) is 1. The molecule has 0 bridgehead atoms. The molecule has 0 spiro atoms. The minimum absolute atomic E-state index is 0.298. The number of benzene rings is 1. The molecule has 1 amide bonds. The summed E-state index contributed by atoms with van der Waals surface area (Å²) in [5, 5.41) is 3.01. The van der Waals surface area contributed by atoms with Gasteiger partial charge in [-0.2, -0.15) is 11.8 Å². The third-order valence-corrected chi connectivity index (χ3v) is 3.07. The second-order valence-electron chi connectivity index (χ2n) is 3.74. The Bertz CT molecular complexity index is 356. The number of primary amides is 1. The monoisotopic (exact) mass is 256 g/mol. The van der Waals surface area contributed by atoms with E-state index in [0.717, 1.165) is 12.2 Å². The number of thioether (sulfide) groups is 1. The van der Waals surface area contributed by atoms with E-state index < -0.39 is 6.04 Å². The van der Waals surface area contributed by atoms with Crippen LogP contribution in [0.25, 0.3) is 0 Å². The Morgan fingerprint density at radius 2 is 2.12 bits per heavy atom. The molecule has 3 N–H and O–H groups in total. The highest BCUT2D eigenvalue weighted by atomic mass is 32.2. The van der Waals surface area contributed by atoms with Crippen LogP contribution in [0.3, 0.4) is 0 Å². The van der Waals surface area contributed by atoms with Crippen LogP contribution in [0.2, 0.25) is 0 Å². The van der Waals surface area contributed by atoms with E-state index in [1.807, 2.05) is 6.26 Å². The molecule has 0 heterocycles. The standard InChI is InChI=1S/C12H17FN2OS/c1-17-8-2-3-11(12(14)16)15-10-6-4-9(13)5-7-10/h4-7,11,15H,2-3,8H2,1H3,(H2,14,16). The van der Waals surface area contributed by atoms with Crippen LogP contribution >= 0.6 is 11.8 Å². The molecule has 17 heavy (non-hydrogen) atoms. The molecular weight excluding hydrogens is 239 g/mol. The third kappa shape index (κ3) is 5.08. The lowest BCUT2D eigenvalue weighted by molar-refractivity contribution is -0.118. The summed E-state index contributed by atoms with van der Waals surface area (Å²) in [5.74, 6) is 0.318. The highest BCUT2D eigenvalue weighted by Gasteiger charge is 2.14. The average molecular weight is 256 g/mol. The highest BCUT2D eigenvalue weighted by Crippen LogP contribution is 2.12. The van der Waals surface area contributed by atoms with Crippen LogP contribution in [-0.2, 0) is 4.79 Å². The average Bonchev–Trinajstić information content (AvgIpc) is 2.30. The van der Waals surface area contributed by atoms with Crippen molar-refractivity contribution in [2.24, 2.45) is 5.73 Å². The smallest absolute Gasteiger partial charge is 0.239 e. The van der Waals surface area contributed by atoms with Crippen molar-refractivity contribution >= 4 is 23.4 Å². The normalized spacial score (nSPS) is 12.1. The molecule has 3 nitrogen and oxygen atoms in total. The van der Waals surface area contributed by atoms with E-state index in [4.69, 9.17) is 5.73 Å². The maximum Gasteiger partial charge on any atom is 0.239 e. The number of carbonyl (C=O) groups excluding carboxylic acids is 1. The van der Waals surface area contributed by atoms with Crippen LogP contribution in [0.5, 0.6) is 0 Å². The SMILES string of the molecule is CSCCCC(Nc1ccc(F)cc1)C(N)=O. The highest BCUT2D eigenvalue weighted by molar-refractivity contribution is 7.98. The van der Waals surface area contributed by atoms with Gasteiger partial charge in [0.1, 0.15) is 11.9 Å². The maximum absolute atomic E-state index is 12.7. The topological polar surface area (TPSA) is 55.1 Å². The molecule has 1 aromatic carbocycles. The van der Waals surface area contributed by atoms with Gasteiger partial charge in [-0.15, -0.1) is 0 Å². The summed E-state index contributed by atoms with van der Waals surface area (Å²) < 4.78 is 12.7. The largest absolute Gasteiger partial charge is 0.374 e. The van der Waals surface area contributed by atoms with Crippen molar-refractivity contribution in [3.05, 3.63) is 30.1 Å². The Hall–Kier alpha value is -1.23. The van der Waals surface area contributed by atoms with Crippen molar-refractivity contribution in [2.75, 3.05) is 17.3 Å². The minimum Gasteiger partial charge on any atom is -0.374 e. The molecule has 1 aromatic rings. The van der Waals surface area contributed by atoms with Gasteiger partial charge in [0.2, 0.25) is 5.91 Å². The fourth-order valence-electron chi connectivity index (χ4n) is 1.46. The number of anilines is 1. The van der Waals surface area contributed by atoms with Crippen molar-refractivity contribution in [3.63, 3.8) is 0 Å². The molecule has 0 aromatic heterocycles. The third-order valence-electron chi connectivity index (χ3n) is 2.37. The number of halogens is 1. The fraction of sp³-hybridized carbons (Fsp3) is 0.417. The summed E-state index contributed by atoms with van der Waals surface area (Å²) in [5.41, 5.74) is 6.02. The summed E-state index contributed by atoms with van der Waals surface area (Å²) in [6, 6.07) is 5.50. The van der Waals surface area contributed by atoms with Gasteiger partial charge < -0.3 is 11.1 Å². The molecule has 0 saturated carbocycles. The molecule has 0 aliphatic carbocycles. The van der Waals surface area contributed by atoms with Gasteiger partial charge in [-0.3, -0.25) is 4.79 Å². The Balaban J connectivity index is 2.54. The predicted molar refractivity (Wildman–Crippen MR) is 70.6 cm³/mol. The van der Waals surface area contributed by atoms with Crippen molar-refractivity contribution in [1.82, 2.24) is 0 Å². The van der Waals surface area contributed by atoms with Crippen LogP contribution in [0.1, 0.15) is 12.8 Å². The molecular formula is C12H17FN2OS. The zero-order chi connectivity index (χ0) is 12.7. The van der Waals surface area contributed by atoms with Crippen molar-refractivity contribution in [1.29, 1.82) is 0 Å². The molecule has 1 rings (SSSR count). The molecule has 0 aliphatic rings. The quantitative estimate of drug-likeness (QED) is 0.736. The van der Waals surface area contributed by atoms with Crippen LogP contribution in [-0.4, -0.2) is 24.0 Å². The van der Waals surface area contributed by atoms with Gasteiger partial charge in [-0.25, -0.2) is 4.39 Å². The molecule has 0 radical (unpaired) electrons. The predicted octanol–water partition coefficient (Wildman–Crippen LogP) is 2.23. The first-order valence-electron chi connectivity index (χ1n) is 5.44. The first kappa shape index (κ1) is 13.8. The Kier molecular flexibility index (Phi) is 5.83. The molecule has 94 valence electrons. The second-order valence-corrected chi connectivity index (χ2v) is 4.73. The van der Waals surface area contributed by atoms with E-state index in [1.165, 1.54) is 12.1 Å². The van der Waals surface area contributed by atoms with Crippen molar-refractivity contribution in [2.45, 2.75) is 18.9 Å². The zero-order valence-electron chi connectivity index (χ0n) is 9.78. The van der Waals surface area contributed by atoms with E-state index >= 15 is 0 Å². The molecule has 1 unspecified atom stereocenters. The van der Waals surface area contributed by atoms with Crippen molar-refractivity contribution < 1.29 is 9.18 Å². The van der Waals surface area contributed by atoms with Gasteiger partial charge >= 0.3 is 0 Å². The number of hydrogen-bond donors (Lipinski definition) is 2. The molecule has 1 atom stereocenters. The summed E-state index contributed by atoms with van der Waals surface area (Å²) in [4.78, 5) is 11.2. The van der Waals surface area contributed by atoms with Crippen molar-refractivity contribution in [3.8, 4) is 0 Å². The van der Waals surface area contributed by atoms with Gasteiger partial charge in [0.15, 0.2) is 0 Å². The minimum atomic E-state index is -0.396. The Labute approximate surface area is 105 Å². The molecule has 0 saturated heterocycles. The van der Waals surface area contributed by atoms with Gasteiger partial charge in [0.25, 0.3) is 0 Å². The van der Waals surface area contributed by atoms with Gasteiger partial charge in [0, 0.05) is 5.69 Å². The van der Waals surface area contributed by atoms with Crippen LogP contribution in [0.15, 0.2) is 24.3 Å². The lowest BCUT2D eigenvalue weighted by Gasteiger charge is -2.16. The fourth-order valence-corrected chi connectivity index (χ4v) is 1.92. The van der Waals surface area contributed by atoms with E-state index in [-0.39, 0.29) is 11.7 Å².